The summed E-state index contributed by atoms with van der Waals surface area (Å²) in [5, 5.41) is 12.5. The fourth-order valence-electron chi connectivity index (χ4n) is 2.87. The van der Waals surface area contributed by atoms with Crippen molar-refractivity contribution >= 4 is 29.5 Å². The molecule has 130 valence electrons. The van der Waals surface area contributed by atoms with E-state index < -0.39 is 11.9 Å². The van der Waals surface area contributed by atoms with Crippen LogP contribution in [0.2, 0.25) is 0 Å². The van der Waals surface area contributed by atoms with Gasteiger partial charge in [-0.25, -0.2) is 9.78 Å². The van der Waals surface area contributed by atoms with Crippen LogP contribution in [0.1, 0.15) is 18.4 Å². The van der Waals surface area contributed by atoms with Gasteiger partial charge in [0.25, 0.3) is 5.91 Å². The van der Waals surface area contributed by atoms with E-state index in [0.29, 0.717) is 17.3 Å². The fourth-order valence-corrected chi connectivity index (χ4v) is 2.87. The van der Waals surface area contributed by atoms with Crippen molar-refractivity contribution in [3.05, 3.63) is 48.1 Å². The van der Waals surface area contributed by atoms with Crippen LogP contribution in [0.5, 0.6) is 0 Å². The predicted octanol–water partition coefficient (Wildman–Crippen LogP) is 1.27. The largest absolute Gasteiger partial charge is 0.367 e. The van der Waals surface area contributed by atoms with E-state index in [9.17, 15) is 9.59 Å². The first-order chi connectivity index (χ1) is 12.7. The summed E-state index contributed by atoms with van der Waals surface area (Å²) in [6.07, 6.45) is 9.30. The molecule has 0 atom stereocenters. The number of imide groups is 1. The number of amides is 3. The average Bonchev–Trinajstić information content (AvgIpc) is 3.01. The van der Waals surface area contributed by atoms with Gasteiger partial charge in [-0.05, 0) is 31.1 Å². The molecule has 1 aliphatic carbocycles. The van der Waals surface area contributed by atoms with Crippen LogP contribution in [0.3, 0.4) is 0 Å². The van der Waals surface area contributed by atoms with Gasteiger partial charge >= 0.3 is 6.03 Å². The molecule has 9 nitrogen and oxygen atoms in total. The van der Waals surface area contributed by atoms with Gasteiger partial charge in [-0.15, -0.1) is 0 Å². The first kappa shape index (κ1) is 14.7. The number of rotatable bonds is 4. The third-order valence-corrected chi connectivity index (χ3v) is 4.30. The lowest BCUT2D eigenvalue weighted by molar-refractivity contribution is -0.115. The number of hydrogen-bond donors (Lipinski definition) is 3. The molecule has 5 rings (SSSR count). The molecule has 9 heteroatoms. The maximum atomic E-state index is 11.8. The second-order valence-electron chi connectivity index (χ2n) is 6.31. The van der Waals surface area contributed by atoms with Crippen molar-refractivity contribution in [1.82, 2.24) is 29.8 Å². The van der Waals surface area contributed by atoms with E-state index in [2.05, 4.69) is 26.0 Å². The second kappa shape index (κ2) is 5.45. The van der Waals surface area contributed by atoms with Gasteiger partial charge in [-0.3, -0.25) is 10.1 Å². The number of anilines is 1. The van der Waals surface area contributed by atoms with E-state index in [0.717, 1.165) is 24.5 Å². The summed E-state index contributed by atoms with van der Waals surface area (Å²) in [4.78, 5) is 27.8. The lowest BCUT2D eigenvalue weighted by Crippen LogP contribution is -2.22. The smallest absolute Gasteiger partial charge is 0.326 e. The number of carbonyl (C=O) groups excluding carboxylic acids is 2. The van der Waals surface area contributed by atoms with Crippen molar-refractivity contribution in [2.24, 2.45) is 0 Å². The number of urea groups is 1. The number of carbonyl (C=O) groups is 2. The van der Waals surface area contributed by atoms with Crippen LogP contribution in [-0.4, -0.2) is 37.1 Å². The van der Waals surface area contributed by atoms with Crippen LogP contribution >= 0.6 is 0 Å². The molecule has 0 unspecified atom stereocenters. The van der Waals surface area contributed by atoms with E-state index in [1.165, 1.54) is 0 Å². The Morgan fingerprint density at radius 3 is 2.69 bits per heavy atom. The first-order valence-corrected chi connectivity index (χ1v) is 8.30. The summed E-state index contributed by atoms with van der Waals surface area (Å²) >= 11 is 0. The van der Waals surface area contributed by atoms with E-state index in [-0.39, 0.29) is 5.70 Å². The van der Waals surface area contributed by atoms with Gasteiger partial charge < -0.3 is 15.2 Å². The van der Waals surface area contributed by atoms with Gasteiger partial charge in [0.05, 0.1) is 6.20 Å². The van der Waals surface area contributed by atoms with Gasteiger partial charge in [-0.2, -0.15) is 9.61 Å². The van der Waals surface area contributed by atoms with Crippen LogP contribution in [0, 0.1) is 0 Å². The molecule has 1 aliphatic heterocycles. The standard InChI is InChI=1S/C17H15N7O2/c25-16-12(20-17(26)22-16)7-10-9-18-24-14(19-11-3-4-11)8-13(21-15(10)24)23-5-1-2-6-23/h1-2,5-9,11,19H,3-4H2,(H2,20,22,25,26)/b12-7-. The minimum absolute atomic E-state index is 0.176. The summed E-state index contributed by atoms with van der Waals surface area (Å²) in [6, 6.07) is 5.72. The molecule has 3 aromatic rings. The molecule has 26 heavy (non-hydrogen) atoms. The number of aromatic nitrogens is 4. The molecular formula is C17H15N7O2. The van der Waals surface area contributed by atoms with Crippen LogP contribution in [0.4, 0.5) is 10.6 Å². The van der Waals surface area contributed by atoms with Crippen LogP contribution in [0.25, 0.3) is 17.5 Å². The van der Waals surface area contributed by atoms with Crippen molar-refractivity contribution in [2.45, 2.75) is 18.9 Å². The minimum atomic E-state index is -0.533. The monoisotopic (exact) mass is 349 g/mol. The Hall–Kier alpha value is -3.62. The Balaban J connectivity index is 1.65. The summed E-state index contributed by atoms with van der Waals surface area (Å²) in [5.74, 6) is 1.11. The van der Waals surface area contributed by atoms with Gasteiger partial charge in [0, 0.05) is 30.1 Å². The zero-order chi connectivity index (χ0) is 17.7. The Morgan fingerprint density at radius 2 is 2.00 bits per heavy atom. The quantitative estimate of drug-likeness (QED) is 0.486. The number of nitrogens with zero attached hydrogens (tertiary/aromatic N) is 4. The predicted molar refractivity (Wildman–Crippen MR) is 93.6 cm³/mol. The lowest BCUT2D eigenvalue weighted by Gasteiger charge is -2.10. The van der Waals surface area contributed by atoms with Gasteiger partial charge in [0.2, 0.25) is 0 Å². The van der Waals surface area contributed by atoms with Crippen LogP contribution < -0.4 is 16.0 Å². The molecule has 1 saturated heterocycles. The van der Waals surface area contributed by atoms with Gasteiger partial charge in [0.15, 0.2) is 5.65 Å². The molecule has 3 amide bonds. The number of hydrogen-bond acceptors (Lipinski definition) is 5. The number of nitrogens with one attached hydrogen (secondary N) is 3. The molecule has 2 aliphatic rings. The zero-order valence-electron chi connectivity index (χ0n) is 13.6. The molecule has 2 fully saturated rings. The zero-order valence-corrected chi connectivity index (χ0v) is 13.6. The van der Waals surface area contributed by atoms with Crippen molar-refractivity contribution in [1.29, 1.82) is 0 Å². The molecule has 0 aromatic carbocycles. The van der Waals surface area contributed by atoms with Crippen molar-refractivity contribution in [3.8, 4) is 5.82 Å². The fraction of sp³-hybridized carbons (Fsp3) is 0.176. The summed E-state index contributed by atoms with van der Waals surface area (Å²) < 4.78 is 3.62. The third-order valence-electron chi connectivity index (χ3n) is 4.30. The van der Waals surface area contributed by atoms with Crippen molar-refractivity contribution < 1.29 is 9.59 Å². The van der Waals surface area contributed by atoms with E-state index in [1.54, 1.807) is 16.8 Å². The third kappa shape index (κ3) is 2.50. The Bertz CT molecular complexity index is 1060. The van der Waals surface area contributed by atoms with Gasteiger partial charge in [-0.1, -0.05) is 0 Å². The Morgan fingerprint density at radius 1 is 1.19 bits per heavy atom. The summed E-state index contributed by atoms with van der Waals surface area (Å²) in [7, 11) is 0. The van der Waals surface area contributed by atoms with E-state index in [4.69, 9.17) is 0 Å². The number of fused-ring (bicyclic) bond motifs is 1. The Labute approximate surface area is 147 Å². The summed E-state index contributed by atoms with van der Waals surface area (Å²) in [5.41, 5.74) is 1.42. The van der Waals surface area contributed by atoms with Crippen LogP contribution in [0.15, 0.2) is 42.5 Å². The highest BCUT2D eigenvalue weighted by atomic mass is 16.2. The highest BCUT2D eigenvalue weighted by Gasteiger charge is 2.25. The van der Waals surface area contributed by atoms with Crippen molar-refractivity contribution in [3.63, 3.8) is 0 Å². The van der Waals surface area contributed by atoms with Crippen LogP contribution in [-0.2, 0) is 4.79 Å². The van der Waals surface area contributed by atoms with Gasteiger partial charge in [0.1, 0.15) is 17.3 Å². The molecule has 0 bridgehead atoms. The average molecular weight is 349 g/mol. The SMILES string of the molecule is O=C1NC(=O)/C(=C/c2cnn3c(NC4CC4)cc(-n4cccc4)nc23)N1. The highest BCUT2D eigenvalue weighted by Crippen LogP contribution is 2.27. The molecule has 3 N–H and O–H groups in total. The normalized spacial score (nSPS) is 18.4. The second-order valence-corrected chi connectivity index (χ2v) is 6.31. The summed E-state index contributed by atoms with van der Waals surface area (Å²) in [6.45, 7) is 0. The van der Waals surface area contributed by atoms with Crippen molar-refractivity contribution in [2.75, 3.05) is 5.32 Å². The highest BCUT2D eigenvalue weighted by molar-refractivity contribution is 6.14. The lowest BCUT2D eigenvalue weighted by atomic mass is 10.2. The topological polar surface area (TPSA) is 105 Å². The molecular weight excluding hydrogens is 334 g/mol. The maximum Gasteiger partial charge on any atom is 0.326 e. The maximum absolute atomic E-state index is 11.8. The Kier molecular flexibility index (Phi) is 3.08. The molecule has 0 spiro atoms. The van der Waals surface area contributed by atoms with E-state index in [1.807, 2.05) is 35.2 Å². The molecule has 3 aromatic heterocycles. The molecule has 4 heterocycles. The first-order valence-electron chi connectivity index (χ1n) is 8.30. The van der Waals surface area contributed by atoms with E-state index >= 15 is 0 Å². The molecule has 1 saturated carbocycles. The molecule has 0 radical (unpaired) electrons. The minimum Gasteiger partial charge on any atom is -0.367 e.